The van der Waals surface area contributed by atoms with Gasteiger partial charge in [-0.25, -0.2) is 9.48 Å². The van der Waals surface area contributed by atoms with Gasteiger partial charge in [0.25, 0.3) is 0 Å². The maximum Gasteiger partial charge on any atom is 0.340 e. The number of benzene rings is 1. The second-order valence-corrected chi connectivity index (χ2v) is 5.62. The van der Waals surface area contributed by atoms with Gasteiger partial charge in [-0.2, -0.15) is 5.10 Å². The summed E-state index contributed by atoms with van der Waals surface area (Å²) >= 11 is 6.20. The Bertz CT molecular complexity index is 630. The molecule has 0 amide bonds. The second-order valence-electron chi connectivity index (χ2n) is 5.26. The van der Waals surface area contributed by atoms with Gasteiger partial charge in [-0.1, -0.05) is 43.1 Å². The Kier molecular flexibility index (Phi) is 4.14. The minimum Gasteiger partial charge on any atom is -0.478 e. The Hall–Kier alpha value is -1.81. The molecule has 0 spiro atoms. The molecule has 2 aromatic rings. The minimum absolute atomic E-state index is 0.0981. The molecule has 0 atom stereocenters. The van der Waals surface area contributed by atoms with Crippen molar-refractivity contribution in [3.05, 3.63) is 46.2 Å². The lowest BCUT2D eigenvalue weighted by atomic mass is 10.1. The Labute approximate surface area is 123 Å². The lowest BCUT2D eigenvalue weighted by Crippen LogP contribution is -2.03. The van der Waals surface area contributed by atoms with Gasteiger partial charge in [-0.05, 0) is 31.4 Å². The molecule has 1 aromatic carbocycles. The van der Waals surface area contributed by atoms with Gasteiger partial charge in [0.2, 0.25) is 0 Å². The van der Waals surface area contributed by atoms with Gasteiger partial charge in [0.05, 0.1) is 11.4 Å². The number of carboxylic acid groups (broad SMARTS) is 1. The summed E-state index contributed by atoms with van der Waals surface area (Å²) in [7, 11) is 0. The predicted octanol–water partition coefficient (Wildman–Crippen LogP) is 3.73. The van der Waals surface area contributed by atoms with E-state index in [9.17, 15) is 9.90 Å². The van der Waals surface area contributed by atoms with E-state index in [0.29, 0.717) is 18.0 Å². The maximum atomic E-state index is 11.4. The topological polar surface area (TPSA) is 55.1 Å². The standard InChI is InChI=1S/C15H17ClN2O2/c1-9(2)8-12-13(15(19)20)14(16)18(17-12)11-6-4-10(3)5-7-11/h4-7,9H,8H2,1-3H3,(H,19,20). The van der Waals surface area contributed by atoms with Crippen LogP contribution < -0.4 is 0 Å². The zero-order chi connectivity index (χ0) is 14.9. The summed E-state index contributed by atoms with van der Waals surface area (Å²) in [6.45, 7) is 6.02. The van der Waals surface area contributed by atoms with Crippen LogP contribution in [0.15, 0.2) is 24.3 Å². The Morgan fingerprint density at radius 1 is 1.35 bits per heavy atom. The Balaban J connectivity index is 2.54. The fourth-order valence-electron chi connectivity index (χ4n) is 2.04. The predicted molar refractivity (Wildman–Crippen MR) is 78.8 cm³/mol. The van der Waals surface area contributed by atoms with Crippen molar-refractivity contribution < 1.29 is 9.90 Å². The SMILES string of the molecule is Cc1ccc(-n2nc(CC(C)C)c(C(=O)O)c2Cl)cc1. The van der Waals surface area contributed by atoms with Gasteiger partial charge < -0.3 is 5.11 Å². The molecule has 0 unspecified atom stereocenters. The second kappa shape index (κ2) is 5.67. The van der Waals surface area contributed by atoms with Gasteiger partial charge in [-0.15, -0.1) is 0 Å². The Morgan fingerprint density at radius 2 is 1.95 bits per heavy atom. The van der Waals surface area contributed by atoms with Crippen molar-refractivity contribution >= 4 is 17.6 Å². The molecule has 0 aliphatic rings. The first-order chi connectivity index (χ1) is 9.40. The number of aromatic nitrogens is 2. The van der Waals surface area contributed by atoms with E-state index >= 15 is 0 Å². The summed E-state index contributed by atoms with van der Waals surface area (Å²) < 4.78 is 1.49. The summed E-state index contributed by atoms with van der Waals surface area (Å²) in [5, 5.41) is 13.9. The van der Waals surface area contributed by atoms with Crippen molar-refractivity contribution in [2.75, 3.05) is 0 Å². The van der Waals surface area contributed by atoms with Gasteiger partial charge in [0, 0.05) is 0 Å². The van der Waals surface area contributed by atoms with E-state index in [1.807, 2.05) is 45.0 Å². The lowest BCUT2D eigenvalue weighted by molar-refractivity contribution is 0.0695. The van der Waals surface area contributed by atoms with Crippen LogP contribution in [-0.2, 0) is 6.42 Å². The third-order valence-electron chi connectivity index (χ3n) is 3.00. The molecule has 0 fully saturated rings. The van der Waals surface area contributed by atoms with Crippen LogP contribution in [0.4, 0.5) is 0 Å². The zero-order valence-corrected chi connectivity index (χ0v) is 12.5. The molecule has 1 heterocycles. The molecule has 1 N–H and O–H groups in total. The monoisotopic (exact) mass is 292 g/mol. The highest BCUT2D eigenvalue weighted by molar-refractivity contribution is 6.32. The molecule has 1 aromatic heterocycles. The highest BCUT2D eigenvalue weighted by atomic mass is 35.5. The molecule has 0 aliphatic carbocycles. The van der Waals surface area contributed by atoms with E-state index in [0.717, 1.165) is 11.3 Å². The van der Waals surface area contributed by atoms with Gasteiger partial charge in [0.15, 0.2) is 0 Å². The number of hydrogen-bond donors (Lipinski definition) is 1. The third kappa shape index (κ3) is 2.85. The van der Waals surface area contributed by atoms with Crippen LogP contribution in [0, 0.1) is 12.8 Å². The van der Waals surface area contributed by atoms with Crippen molar-refractivity contribution in [2.45, 2.75) is 27.2 Å². The Morgan fingerprint density at radius 3 is 2.45 bits per heavy atom. The molecular formula is C15H17ClN2O2. The van der Waals surface area contributed by atoms with Crippen molar-refractivity contribution in [1.29, 1.82) is 0 Å². The molecular weight excluding hydrogens is 276 g/mol. The molecule has 0 bridgehead atoms. The number of carbonyl (C=O) groups is 1. The lowest BCUT2D eigenvalue weighted by Gasteiger charge is -2.03. The third-order valence-corrected chi connectivity index (χ3v) is 3.34. The van der Waals surface area contributed by atoms with E-state index in [4.69, 9.17) is 11.6 Å². The number of rotatable bonds is 4. The fraction of sp³-hybridized carbons (Fsp3) is 0.333. The van der Waals surface area contributed by atoms with Crippen LogP contribution >= 0.6 is 11.6 Å². The molecule has 4 nitrogen and oxygen atoms in total. The van der Waals surface area contributed by atoms with Crippen LogP contribution in [0.5, 0.6) is 0 Å². The normalized spacial score (nSPS) is 11.1. The van der Waals surface area contributed by atoms with E-state index < -0.39 is 5.97 Å². The first-order valence-corrected chi connectivity index (χ1v) is 6.85. The average molecular weight is 293 g/mol. The average Bonchev–Trinajstić information content (AvgIpc) is 2.66. The van der Waals surface area contributed by atoms with E-state index in [-0.39, 0.29) is 10.7 Å². The summed E-state index contributed by atoms with van der Waals surface area (Å²) in [6, 6.07) is 7.63. The van der Waals surface area contributed by atoms with Crippen molar-refractivity contribution in [3.63, 3.8) is 0 Å². The molecule has 0 saturated heterocycles. The van der Waals surface area contributed by atoms with Gasteiger partial charge in [0.1, 0.15) is 10.7 Å². The van der Waals surface area contributed by atoms with E-state index in [1.54, 1.807) is 0 Å². The number of halogens is 1. The fourth-order valence-corrected chi connectivity index (χ4v) is 2.36. The molecule has 0 radical (unpaired) electrons. The zero-order valence-electron chi connectivity index (χ0n) is 11.7. The summed E-state index contributed by atoms with van der Waals surface area (Å²) in [6.07, 6.45) is 0.584. The molecule has 0 aliphatic heterocycles. The highest BCUT2D eigenvalue weighted by Gasteiger charge is 2.23. The van der Waals surface area contributed by atoms with Crippen molar-refractivity contribution in [3.8, 4) is 5.69 Å². The van der Waals surface area contributed by atoms with Crippen LogP contribution in [0.25, 0.3) is 5.69 Å². The summed E-state index contributed by atoms with van der Waals surface area (Å²) in [4.78, 5) is 11.4. The smallest absolute Gasteiger partial charge is 0.340 e. The number of aromatic carboxylic acids is 1. The minimum atomic E-state index is -1.04. The van der Waals surface area contributed by atoms with Crippen LogP contribution in [0.2, 0.25) is 5.15 Å². The molecule has 20 heavy (non-hydrogen) atoms. The molecule has 5 heteroatoms. The summed E-state index contributed by atoms with van der Waals surface area (Å²) in [5.74, 6) is -0.727. The number of hydrogen-bond acceptors (Lipinski definition) is 2. The maximum absolute atomic E-state index is 11.4. The van der Waals surface area contributed by atoms with E-state index in [1.165, 1.54) is 4.68 Å². The quantitative estimate of drug-likeness (QED) is 0.934. The van der Waals surface area contributed by atoms with Crippen molar-refractivity contribution in [1.82, 2.24) is 9.78 Å². The van der Waals surface area contributed by atoms with Crippen LogP contribution in [0.1, 0.15) is 35.5 Å². The van der Waals surface area contributed by atoms with Gasteiger partial charge in [-0.3, -0.25) is 0 Å². The number of carboxylic acids is 1. The number of aryl methyl sites for hydroxylation is 1. The first-order valence-electron chi connectivity index (χ1n) is 6.48. The summed E-state index contributed by atoms with van der Waals surface area (Å²) in [5.41, 5.74) is 2.51. The van der Waals surface area contributed by atoms with Crippen molar-refractivity contribution in [2.24, 2.45) is 5.92 Å². The van der Waals surface area contributed by atoms with Gasteiger partial charge >= 0.3 is 5.97 Å². The van der Waals surface area contributed by atoms with Crippen LogP contribution in [0.3, 0.4) is 0 Å². The molecule has 2 rings (SSSR count). The first kappa shape index (κ1) is 14.6. The highest BCUT2D eigenvalue weighted by Crippen LogP contribution is 2.25. The number of nitrogens with zero attached hydrogens (tertiary/aromatic N) is 2. The largest absolute Gasteiger partial charge is 0.478 e. The van der Waals surface area contributed by atoms with E-state index in [2.05, 4.69) is 5.10 Å². The molecule has 0 saturated carbocycles. The molecule has 106 valence electrons. The van der Waals surface area contributed by atoms with Crippen LogP contribution in [-0.4, -0.2) is 20.9 Å².